The molecule has 0 amide bonds. The van der Waals surface area contributed by atoms with Gasteiger partial charge < -0.3 is 9.97 Å². The molecule has 2 rings (SSSR count). The van der Waals surface area contributed by atoms with E-state index in [0.29, 0.717) is 5.92 Å². The molecular formula is C12H20N2O. The summed E-state index contributed by atoms with van der Waals surface area (Å²) in [7, 11) is 0. The summed E-state index contributed by atoms with van der Waals surface area (Å²) in [6.07, 6.45) is 8.72. The number of H-pyrrole nitrogens is 2. The van der Waals surface area contributed by atoms with Crippen molar-refractivity contribution in [1.29, 1.82) is 0 Å². The zero-order chi connectivity index (χ0) is 10.7. The smallest absolute Gasteiger partial charge is 0.310 e. The van der Waals surface area contributed by atoms with E-state index in [1.165, 1.54) is 44.2 Å². The van der Waals surface area contributed by atoms with Crippen LogP contribution >= 0.6 is 0 Å². The number of aromatic nitrogens is 2. The number of aromatic amines is 2. The van der Waals surface area contributed by atoms with Crippen molar-refractivity contribution >= 4 is 0 Å². The Morgan fingerprint density at radius 2 is 1.80 bits per heavy atom. The minimum absolute atomic E-state index is 0.0360. The van der Waals surface area contributed by atoms with Gasteiger partial charge in [0.05, 0.1) is 0 Å². The van der Waals surface area contributed by atoms with Crippen molar-refractivity contribution in [2.45, 2.75) is 57.8 Å². The van der Waals surface area contributed by atoms with Crippen LogP contribution < -0.4 is 5.69 Å². The van der Waals surface area contributed by atoms with Crippen LogP contribution in [0.5, 0.6) is 0 Å². The zero-order valence-corrected chi connectivity index (χ0v) is 9.44. The summed E-state index contributed by atoms with van der Waals surface area (Å²) in [5, 5.41) is 0. The van der Waals surface area contributed by atoms with Gasteiger partial charge in [0.1, 0.15) is 0 Å². The molecule has 3 heteroatoms. The van der Waals surface area contributed by atoms with Gasteiger partial charge in [-0.3, -0.25) is 0 Å². The van der Waals surface area contributed by atoms with Gasteiger partial charge in [0, 0.05) is 17.3 Å². The lowest BCUT2D eigenvalue weighted by atomic mass is 9.95. The molecule has 0 aliphatic heterocycles. The molecule has 1 aliphatic rings. The van der Waals surface area contributed by atoms with E-state index in [2.05, 4.69) is 16.9 Å². The highest BCUT2D eigenvalue weighted by molar-refractivity contribution is 5.16. The number of aryl methyl sites for hydroxylation is 1. The van der Waals surface area contributed by atoms with Crippen molar-refractivity contribution in [3.05, 3.63) is 21.9 Å². The fraction of sp³-hybridized carbons (Fsp3) is 0.750. The van der Waals surface area contributed by atoms with Crippen LogP contribution in [0, 0.1) is 0 Å². The molecule has 0 radical (unpaired) electrons. The monoisotopic (exact) mass is 208 g/mol. The lowest BCUT2D eigenvalue weighted by molar-refractivity contribution is 0.574. The highest BCUT2D eigenvalue weighted by atomic mass is 16.1. The molecule has 84 valence electrons. The van der Waals surface area contributed by atoms with E-state index in [-0.39, 0.29) is 5.69 Å². The van der Waals surface area contributed by atoms with Crippen molar-refractivity contribution in [3.63, 3.8) is 0 Å². The van der Waals surface area contributed by atoms with Crippen LogP contribution in [-0.2, 0) is 6.42 Å². The molecule has 1 aromatic heterocycles. The lowest BCUT2D eigenvalue weighted by Crippen LogP contribution is -2.04. The van der Waals surface area contributed by atoms with Gasteiger partial charge in [-0.05, 0) is 19.3 Å². The van der Waals surface area contributed by atoms with Gasteiger partial charge in [-0.25, -0.2) is 4.79 Å². The number of hydrogen-bond donors (Lipinski definition) is 2. The van der Waals surface area contributed by atoms with E-state index in [4.69, 9.17) is 0 Å². The first-order valence-electron chi connectivity index (χ1n) is 6.12. The van der Waals surface area contributed by atoms with Crippen LogP contribution in [0.2, 0.25) is 0 Å². The van der Waals surface area contributed by atoms with Crippen molar-refractivity contribution in [3.8, 4) is 0 Å². The Kier molecular flexibility index (Phi) is 3.29. The molecular weight excluding hydrogens is 188 g/mol. The van der Waals surface area contributed by atoms with Gasteiger partial charge in [0.25, 0.3) is 0 Å². The third kappa shape index (κ3) is 2.33. The summed E-state index contributed by atoms with van der Waals surface area (Å²) in [6, 6.07) is 0. The van der Waals surface area contributed by atoms with Crippen LogP contribution in [0.15, 0.2) is 4.79 Å². The predicted molar refractivity (Wildman–Crippen MR) is 61.2 cm³/mol. The maximum absolute atomic E-state index is 11.3. The van der Waals surface area contributed by atoms with Crippen LogP contribution in [0.1, 0.15) is 62.8 Å². The van der Waals surface area contributed by atoms with Gasteiger partial charge in [0.15, 0.2) is 0 Å². The summed E-state index contributed by atoms with van der Waals surface area (Å²) in [5.41, 5.74) is 2.27. The Balaban J connectivity index is 2.22. The minimum atomic E-state index is -0.0360. The van der Waals surface area contributed by atoms with Gasteiger partial charge in [-0.1, -0.05) is 32.6 Å². The van der Waals surface area contributed by atoms with E-state index in [9.17, 15) is 4.79 Å². The molecule has 15 heavy (non-hydrogen) atoms. The Morgan fingerprint density at radius 1 is 1.13 bits per heavy atom. The molecule has 3 nitrogen and oxygen atoms in total. The van der Waals surface area contributed by atoms with Gasteiger partial charge >= 0.3 is 5.69 Å². The van der Waals surface area contributed by atoms with Crippen molar-refractivity contribution in [2.24, 2.45) is 0 Å². The summed E-state index contributed by atoms with van der Waals surface area (Å²) in [4.78, 5) is 17.2. The third-order valence-corrected chi connectivity index (χ3v) is 3.45. The van der Waals surface area contributed by atoms with Crippen LogP contribution in [0.25, 0.3) is 0 Å². The SMILES string of the molecule is CCc1[nH]c(=O)[nH]c1C1CCCCCC1. The van der Waals surface area contributed by atoms with Gasteiger partial charge in [0.2, 0.25) is 0 Å². The summed E-state index contributed by atoms with van der Waals surface area (Å²) in [6.45, 7) is 2.10. The molecule has 1 aliphatic carbocycles. The molecule has 0 saturated heterocycles. The molecule has 0 spiro atoms. The average Bonchev–Trinajstić information content (AvgIpc) is 2.47. The van der Waals surface area contributed by atoms with E-state index >= 15 is 0 Å². The van der Waals surface area contributed by atoms with Gasteiger partial charge in [-0.2, -0.15) is 0 Å². The first kappa shape index (κ1) is 10.5. The quantitative estimate of drug-likeness (QED) is 0.721. The molecule has 1 heterocycles. The fourth-order valence-corrected chi connectivity index (χ4v) is 2.63. The van der Waals surface area contributed by atoms with Crippen LogP contribution in [0.3, 0.4) is 0 Å². The van der Waals surface area contributed by atoms with Crippen LogP contribution in [0.4, 0.5) is 0 Å². The predicted octanol–water partition coefficient (Wildman–Crippen LogP) is 2.70. The second-order valence-electron chi connectivity index (χ2n) is 4.51. The second-order valence-corrected chi connectivity index (χ2v) is 4.51. The molecule has 1 saturated carbocycles. The fourth-order valence-electron chi connectivity index (χ4n) is 2.63. The Labute approximate surface area is 90.3 Å². The first-order chi connectivity index (χ1) is 7.31. The summed E-state index contributed by atoms with van der Waals surface area (Å²) in [5.74, 6) is 0.585. The minimum Gasteiger partial charge on any atom is -0.310 e. The second kappa shape index (κ2) is 4.69. The molecule has 0 aromatic carbocycles. The summed E-state index contributed by atoms with van der Waals surface area (Å²) >= 11 is 0. The molecule has 1 aromatic rings. The highest BCUT2D eigenvalue weighted by Gasteiger charge is 2.18. The molecule has 0 unspecified atom stereocenters. The lowest BCUT2D eigenvalue weighted by Gasteiger charge is -2.13. The van der Waals surface area contributed by atoms with Gasteiger partial charge in [-0.15, -0.1) is 0 Å². The number of rotatable bonds is 2. The van der Waals surface area contributed by atoms with Crippen molar-refractivity contribution in [1.82, 2.24) is 9.97 Å². The largest absolute Gasteiger partial charge is 0.323 e. The Morgan fingerprint density at radius 3 is 2.40 bits per heavy atom. The number of nitrogens with one attached hydrogen (secondary N) is 2. The number of hydrogen-bond acceptors (Lipinski definition) is 1. The third-order valence-electron chi connectivity index (χ3n) is 3.45. The van der Waals surface area contributed by atoms with E-state index in [0.717, 1.165) is 12.1 Å². The summed E-state index contributed by atoms with van der Waals surface area (Å²) < 4.78 is 0. The highest BCUT2D eigenvalue weighted by Crippen LogP contribution is 2.31. The van der Waals surface area contributed by atoms with E-state index in [1.807, 2.05) is 0 Å². The normalized spacial score (nSPS) is 19.0. The maximum Gasteiger partial charge on any atom is 0.323 e. The van der Waals surface area contributed by atoms with E-state index in [1.54, 1.807) is 0 Å². The topological polar surface area (TPSA) is 48.6 Å². The van der Waals surface area contributed by atoms with Crippen molar-refractivity contribution < 1.29 is 0 Å². The molecule has 2 N–H and O–H groups in total. The number of imidazole rings is 1. The van der Waals surface area contributed by atoms with Crippen molar-refractivity contribution in [2.75, 3.05) is 0 Å². The van der Waals surface area contributed by atoms with Crippen LogP contribution in [-0.4, -0.2) is 9.97 Å². The average molecular weight is 208 g/mol. The standard InChI is InChI=1S/C12H20N2O/c1-2-10-11(14-12(15)13-10)9-7-5-3-4-6-8-9/h9H,2-8H2,1H3,(H2,13,14,15). The zero-order valence-electron chi connectivity index (χ0n) is 9.44. The Hall–Kier alpha value is -0.990. The Bertz CT molecular complexity index is 356. The molecule has 0 bridgehead atoms. The molecule has 1 fully saturated rings. The van der Waals surface area contributed by atoms with E-state index < -0.39 is 0 Å². The first-order valence-corrected chi connectivity index (χ1v) is 6.12. The molecule has 0 atom stereocenters. The maximum atomic E-state index is 11.3.